The number of carboxylic acids is 1. The summed E-state index contributed by atoms with van der Waals surface area (Å²) < 4.78 is 0. The summed E-state index contributed by atoms with van der Waals surface area (Å²) in [6.45, 7) is 7.33. The van der Waals surface area contributed by atoms with Crippen molar-refractivity contribution in [1.82, 2.24) is 5.32 Å². The summed E-state index contributed by atoms with van der Waals surface area (Å²) in [5.41, 5.74) is 0.167. The molecule has 1 amide bonds. The van der Waals surface area contributed by atoms with Gasteiger partial charge in [-0.25, -0.2) is 0 Å². The molecule has 0 saturated carbocycles. The van der Waals surface area contributed by atoms with Crippen molar-refractivity contribution in [2.24, 2.45) is 5.41 Å². The van der Waals surface area contributed by atoms with Crippen LogP contribution in [0.3, 0.4) is 0 Å². The first-order chi connectivity index (χ1) is 8.27. The Labute approximate surface area is 111 Å². The van der Waals surface area contributed by atoms with Crippen LogP contribution in [-0.4, -0.2) is 23.5 Å². The lowest BCUT2D eigenvalue weighted by molar-refractivity contribution is -0.146. The van der Waals surface area contributed by atoms with Crippen molar-refractivity contribution >= 4 is 23.2 Å². The maximum absolute atomic E-state index is 11.9. The fourth-order valence-corrected chi connectivity index (χ4v) is 2.48. The summed E-state index contributed by atoms with van der Waals surface area (Å²) in [5.74, 6) is -1.11. The Balaban J connectivity index is 2.69. The SMILES string of the molecule is CCc1sc(C(=O)NCC(C)(C)C(=O)O)cc1C. The van der Waals surface area contributed by atoms with Gasteiger partial charge in [-0.3, -0.25) is 9.59 Å². The first-order valence-electron chi connectivity index (χ1n) is 5.89. The number of carboxylic acid groups (broad SMARTS) is 1. The largest absolute Gasteiger partial charge is 0.481 e. The van der Waals surface area contributed by atoms with E-state index in [2.05, 4.69) is 5.32 Å². The number of carbonyl (C=O) groups excluding carboxylic acids is 1. The standard InChI is InChI=1S/C13H19NO3S/c1-5-9-8(2)6-10(18-9)11(15)14-7-13(3,4)12(16)17/h6H,5,7H2,1-4H3,(H,14,15)(H,16,17). The van der Waals surface area contributed by atoms with Crippen molar-refractivity contribution < 1.29 is 14.7 Å². The Bertz CT molecular complexity index is 463. The lowest BCUT2D eigenvalue weighted by atomic mass is 9.94. The van der Waals surface area contributed by atoms with Crippen molar-refractivity contribution in [1.29, 1.82) is 0 Å². The summed E-state index contributed by atoms with van der Waals surface area (Å²) in [5, 5.41) is 11.6. The molecule has 1 heterocycles. The van der Waals surface area contributed by atoms with Crippen LogP contribution in [0.1, 0.15) is 40.9 Å². The van der Waals surface area contributed by atoms with Crippen molar-refractivity contribution in [3.05, 3.63) is 21.4 Å². The number of rotatable bonds is 5. The third-order valence-corrected chi connectivity index (χ3v) is 4.22. The molecule has 4 nitrogen and oxygen atoms in total. The Hall–Kier alpha value is -1.36. The van der Waals surface area contributed by atoms with Crippen LogP contribution in [0.15, 0.2) is 6.07 Å². The molecule has 0 fully saturated rings. The van der Waals surface area contributed by atoms with E-state index < -0.39 is 11.4 Å². The van der Waals surface area contributed by atoms with Crippen molar-refractivity contribution in [2.75, 3.05) is 6.54 Å². The monoisotopic (exact) mass is 269 g/mol. The van der Waals surface area contributed by atoms with Crippen LogP contribution in [0.25, 0.3) is 0 Å². The van der Waals surface area contributed by atoms with E-state index in [1.165, 1.54) is 16.2 Å². The van der Waals surface area contributed by atoms with E-state index in [-0.39, 0.29) is 12.5 Å². The van der Waals surface area contributed by atoms with Gasteiger partial charge >= 0.3 is 5.97 Å². The highest BCUT2D eigenvalue weighted by atomic mass is 32.1. The molecule has 1 aromatic rings. The Morgan fingerprint density at radius 3 is 2.50 bits per heavy atom. The molecule has 2 N–H and O–H groups in total. The highest BCUT2D eigenvalue weighted by molar-refractivity contribution is 7.14. The van der Waals surface area contributed by atoms with Gasteiger partial charge in [-0.05, 0) is 38.8 Å². The van der Waals surface area contributed by atoms with E-state index in [4.69, 9.17) is 5.11 Å². The molecule has 0 radical (unpaired) electrons. The van der Waals surface area contributed by atoms with Crippen LogP contribution < -0.4 is 5.32 Å². The summed E-state index contributed by atoms with van der Waals surface area (Å²) in [4.78, 5) is 24.7. The van der Waals surface area contributed by atoms with Gasteiger partial charge in [0.05, 0.1) is 10.3 Å². The zero-order valence-electron chi connectivity index (χ0n) is 11.2. The molecule has 5 heteroatoms. The maximum atomic E-state index is 11.9. The minimum atomic E-state index is -0.949. The third kappa shape index (κ3) is 3.32. The molecule has 0 saturated heterocycles. The number of hydrogen-bond donors (Lipinski definition) is 2. The van der Waals surface area contributed by atoms with Crippen molar-refractivity contribution in [2.45, 2.75) is 34.1 Å². The zero-order chi connectivity index (χ0) is 13.9. The molecular formula is C13H19NO3S. The Morgan fingerprint density at radius 2 is 2.06 bits per heavy atom. The molecule has 100 valence electrons. The van der Waals surface area contributed by atoms with Gasteiger partial charge in [-0.15, -0.1) is 11.3 Å². The van der Waals surface area contributed by atoms with E-state index in [1.54, 1.807) is 13.8 Å². The first kappa shape index (κ1) is 14.7. The van der Waals surface area contributed by atoms with E-state index in [0.29, 0.717) is 4.88 Å². The highest BCUT2D eigenvalue weighted by Crippen LogP contribution is 2.22. The van der Waals surface area contributed by atoms with Crippen LogP contribution >= 0.6 is 11.3 Å². The average Bonchev–Trinajstić information content (AvgIpc) is 2.67. The van der Waals surface area contributed by atoms with Crippen molar-refractivity contribution in [3.63, 3.8) is 0 Å². The molecule has 0 unspecified atom stereocenters. The quantitative estimate of drug-likeness (QED) is 0.863. The molecule has 0 atom stereocenters. The highest BCUT2D eigenvalue weighted by Gasteiger charge is 2.27. The molecule has 0 spiro atoms. The normalized spacial score (nSPS) is 11.3. The second kappa shape index (κ2) is 5.52. The number of aliphatic carboxylic acids is 1. The number of aryl methyl sites for hydroxylation is 2. The molecule has 0 aliphatic rings. The summed E-state index contributed by atoms with van der Waals surface area (Å²) in [6.07, 6.45) is 0.907. The maximum Gasteiger partial charge on any atom is 0.310 e. The van der Waals surface area contributed by atoms with E-state index in [1.807, 2.05) is 19.9 Å². The summed E-state index contributed by atoms with van der Waals surface area (Å²) in [6, 6.07) is 1.85. The molecule has 0 aliphatic carbocycles. The number of carbonyl (C=O) groups is 2. The van der Waals surface area contributed by atoms with Crippen LogP contribution in [0.5, 0.6) is 0 Å². The van der Waals surface area contributed by atoms with Gasteiger partial charge in [0.1, 0.15) is 0 Å². The fraction of sp³-hybridized carbons (Fsp3) is 0.538. The smallest absolute Gasteiger partial charge is 0.310 e. The van der Waals surface area contributed by atoms with E-state index >= 15 is 0 Å². The number of thiophene rings is 1. The first-order valence-corrected chi connectivity index (χ1v) is 6.70. The van der Waals surface area contributed by atoms with E-state index in [9.17, 15) is 9.59 Å². The van der Waals surface area contributed by atoms with E-state index in [0.717, 1.165) is 12.0 Å². The molecule has 0 bridgehead atoms. The topological polar surface area (TPSA) is 66.4 Å². The van der Waals surface area contributed by atoms with Gasteiger partial charge < -0.3 is 10.4 Å². The molecule has 1 aromatic heterocycles. The van der Waals surface area contributed by atoms with Gasteiger partial charge in [0.25, 0.3) is 5.91 Å². The van der Waals surface area contributed by atoms with Gasteiger partial charge in [-0.1, -0.05) is 6.92 Å². The van der Waals surface area contributed by atoms with Crippen LogP contribution in [-0.2, 0) is 11.2 Å². The number of nitrogens with one attached hydrogen (secondary N) is 1. The molecule has 18 heavy (non-hydrogen) atoms. The lowest BCUT2D eigenvalue weighted by Crippen LogP contribution is -2.38. The fourth-order valence-electron chi connectivity index (χ4n) is 1.45. The predicted molar refractivity (Wildman–Crippen MR) is 72.2 cm³/mol. The second-order valence-corrected chi connectivity index (χ2v) is 6.08. The van der Waals surface area contributed by atoms with Gasteiger partial charge in [0, 0.05) is 11.4 Å². The summed E-state index contributed by atoms with van der Waals surface area (Å²) >= 11 is 1.47. The van der Waals surface area contributed by atoms with Crippen LogP contribution in [0.2, 0.25) is 0 Å². The molecule has 1 rings (SSSR count). The lowest BCUT2D eigenvalue weighted by Gasteiger charge is -2.19. The van der Waals surface area contributed by atoms with Crippen LogP contribution in [0, 0.1) is 12.3 Å². The third-order valence-electron chi connectivity index (χ3n) is 2.84. The van der Waals surface area contributed by atoms with Gasteiger partial charge in [0.15, 0.2) is 0 Å². The number of amides is 1. The average molecular weight is 269 g/mol. The van der Waals surface area contributed by atoms with Gasteiger partial charge in [0.2, 0.25) is 0 Å². The molecule has 0 aliphatic heterocycles. The number of hydrogen-bond acceptors (Lipinski definition) is 3. The molecule has 0 aromatic carbocycles. The predicted octanol–water partition coefficient (Wildman–Crippen LogP) is 2.46. The minimum absolute atomic E-state index is 0.125. The van der Waals surface area contributed by atoms with Crippen LogP contribution in [0.4, 0.5) is 0 Å². The van der Waals surface area contributed by atoms with Crippen molar-refractivity contribution in [3.8, 4) is 0 Å². The Morgan fingerprint density at radius 1 is 1.44 bits per heavy atom. The minimum Gasteiger partial charge on any atom is -0.481 e. The van der Waals surface area contributed by atoms with Gasteiger partial charge in [-0.2, -0.15) is 0 Å². The Kier molecular flexibility index (Phi) is 4.51. The molecular weight excluding hydrogens is 250 g/mol. The zero-order valence-corrected chi connectivity index (χ0v) is 12.0. The summed E-state index contributed by atoms with van der Waals surface area (Å²) in [7, 11) is 0. The second-order valence-electron chi connectivity index (χ2n) is 4.94.